The topological polar surface area (TPSA) is 35.5 Å². The molecule has 0 amide bonds. The number of hydrogen-bond donors (Lipinski definition) is 0. The zero-order valence-electron chi connectivity index (χ0n) is 11.2. The second kappa shape index (κ2) is 5.81. The maximum atomic E-state index is 12.6. The first-order valence-corrected chi connectivity index (χ1v) is 8.03. The largest absolute Gasteiger partial charge is 0.485 e. The highest BCUT2D eigenvalue weighted by atomic mass is 79.9. The summed E-state index contributed by atoms with van der Waals surface area (Å²) in [7, 11) is 0. The maximum Gasteiger partial charge on any atom is 0.208 e. The molecule has 3 nitrogen and oxygen atoms in total. The van der Waals surface area contributed by atoms with Crippen LogP contribution in [0.25, 0.3) is 0 Å². The third-order valence-electron chi connectivity index (χ3n) is 3.31. The Kier molecular flexibility index (Phi) is 4.04. The Morgan fingerprint density at radius 1 is 1.14 bits per heavy atom. The van der Waals surface area contributed by atoms with E-state index in [4.69, 9.17) is 9.47 Å². The van der Waals surface area contributed by atoms with E-state index in [-0.39, 0.29) is 12.4 Å². The Hall–Kier alpha value is -1.33. The van der Waals surface area contributed by atoms with Crippen molar-refractivity contribution in [2.75, 3.05) is 6.61 Å². The summed E-state index contributed by atoms with van der Waals surface area (Å²) in [5, 5.41) is 0. The van der Waals surface area contributed by atoms with Crippen molar-refractivity contribution in [1.82, 2.24) is 0 Å². The first-order valence-electron chi connectivity index (χ1n) is 6.44. The number of aryl methyl sites for hydroxylation is 1. The van der Waals surface area contributed by atoms with Gasteiger partial charge in [-0.05, 0) is 36.8 Å². The van der Waals surface area contributed by atoms with E-state index in [0.29, 0.717) is 17.1 Å². The Morgan fingerprint density at radius 3 is 2.62 bits per heavy atom. The molecule has 2 aromatic rings. The summed E-state index contributed by atoms with van der Waals surface area (Å²) in [4.78, 5) is 12.6. The van der Waals surface area contributed by atoms with Crippen LogP contribution in [0.4, 0.5) is 0 Å². The van der Waals surface area contributed by atoms with Crippen molar-refractivity contribution in [2.24, 2.45) is 0 Å². The van der Waals surface area contributed by atoms with Crippen LogP contribution >= 0.6 is 31.9 Å². The van der Waals surface area contributed by atoms with Gasteiger partial charge in [-0.25, -0.2) is 0 Å². The van der Waals surface area contributed by atoms with E-state index in [9.17, 15) is 4.79 Å². The Bertz CT molecular complexity index is 713. The lowest BCUT2D eigenvalue weighted by Crippen LogP contribution is -2.36. The minimum Gasteiger partial charge on any atom is -0.485 e. The van der Waals surface area contributed by atoms with Crippen LogP contribution in [0.1, 0.15) is 15.9 Å². The van der Waals surface area contributed by atoms with Crippen molar-refractivity contribution < 1.29 is 14.3 Å². The molecular formula is C16H12Br2O3. The van der Waals surface area contributed by atoms with Crippen LogP contribution in [0, 0.1) is 6.92 Å². The van der Waals surface area contributed by atoms with Gasteiger partial charge < -0.3 is 9.47 Å². The molecule has 2 aromatic carbocycles. The highest BCUT2D eigenvalue weighted by molar-refractivity contribution is 9.11. The van der Waals surface area contributed by atoms with Crippen molar-refractivity contribution in [1.29, 1.82) is 0 Å². The summed E-state index contributed by atoms with van der Waals surface area (Å²) < 4.78 is 13.0. The summed E-state index contributed by atoms with van der Waals surface area (Å²) in [5.41, 5.74) is 1.64. The van der Waals surface area contributed by atoms with Gasteiger partial charge in [0.2, 0.25) is 5.78 Å². The molecule has 1 heterocycles. The van der Waals surface area contributed by atoms with E-state index in [2.05, 4.69) is 31.9 Å². The van der Waals surface area contributed by atoms with Crippen molar-refractivity contribution in [3.8, 4) is 11.5 Å². The molecule has 0 aromatic heterocycles. The Morgan fingerprint density at radius 2 is 1.86 bits per heavy atom. The number of halogens is 2. The monoisotopic (exact) mass is 410 g/mol. The summed E-state index contributed by atoms with van der Waals surface area (Å²) in [6.45, 7) is 2.19. The van der Waals surface area contributed by atoms with Gasteiger partial charge in [0.05, 0.1) is 0 Å². The summed E-state index contributed by atoms with van der Waals surface area (Å²) in [5.74, 6) is 1.17. The highest BCUT2D eigenvalue weighted by Gasteiger charge is 2.29. The number of para-hydroxylation sites is 2. The van der Waals surface area contributed by atoms with Crippen molar-refractivity contribution in [3.05, 3.63) is 56.5 Å². The molecule has 0 spiro atoms. The molecule has 5 heteroatoms. The van der Waals surface area contributed by atoms with E-state index in [0.717, 1.165) is 14.5 Å². The van der Waals surface area contributed by atoms with Crippen molar-refractivity contribution in [2.45, 2.75) is 13.0 Å². The molecule has 1 atom stereocenters. The van der Waals surface area contributed by atoms with Gasteiger partial charge in [-0.3, -0.25) is 4.79 Å². The SMILES string of the molecule is Cc1cc(Br)c(C(=O)C2COc3ccccc3O2)cc1Br. The number of benzene rings is 2. The molecular weight excluding hydrogens is 400 g/mol. The molecule has 108 valence electrons. The number of rotatable bonds is 2. The van der Waals surface area contributed by atoms with E-state index in [1.54, 1.807) is 6.07 Å². The Labute approximate surface area is 139 Å². The molecule has 0 fully saturated rings. The molecule has 1 aliphatic rings. The minimum absolute atomic E-state index is 0.0999. The molecule has 1 aliphatic heterocycles. The van der Waals surface area contributed by atoms with Gasteiger partial charge in [-0.15, -0.1) is 0 Å². The summed E-state index contributed by atoms with van der Waals surface area (Å²) in [6, 6.07) is 11.1. The maximum absolute atomic E-state index is 12.6. The summed E-state index contributed by atoms with van der Waals surface area (Å²) in [6.07, 6.45) is -0.634. The first kappa shape index (κ1) is 14.6. The highest BCUT2D eigenvalue weighted by Crippen LogP contribution is 2.33. The van der Waals surface area contributed by atoms with Crippen molar-refractivity contribution in [3.63, 3.8) is 0 Å². The lowest BCUT2D eigenvalue weighted by atomic mass is 10.0. The first-order chi connectivity index (χ1) is 10.1. The lowest BCUT2D eigenvalue weighted by molar-refractivity contribution is 0.0585. The molecule has 1 unspecified atom stereocenters. The van der Waals surface area contributed by atoms with E-state index in [1.165, 1.54) is 0 Å². The normalized spacial score (nSPS) is 16.6. The number of ketones is 1. The molecule has 0 saturated carbocycles. The predicted octanol–water partition coefficient (Wildman–Crippen LogP) is 4.54. The van der Waals surface area contributed by atoms with Crippen LogP contribution in [0.2, 0.25) is 0 Å². The third-order valence-corrected chi connectivity index (χ3v) is 4.83. The standard InChI is InChI=1S/C16H12Br2O3/c1-9-6-12(18)10(7-11(9)17)16(19)15-8-20-13-4-2-3-5-14(13)21-15/h2-7,15H,8H2,1H3. The molecule has 0 radical (unpaired) electrons. The molecule has 0 saturated heterocycles. The smallest absolute Gasteiger partial charge is 0.208 e. The fraction of sp³-hybridized carbons (Fsp3) is 0.188. The number of fused-ring (bicyclic) bond motifs is 1. The number of carbonyl (C=O) groups excluding carboxylic acids is 1. The van der Waals surface area contributed by atoms with Gasteiger partial charge in [-0.1, -0.05) is 44.0 Å². The second-order valence-electron chi connectivity index (χ2n) is 4.81. The molecule has 3 rings (SSSR count). The van der Waals surface area contributed by atoms with Gasteiger partial charge >= 0.3 is 0 Å². The number of ether oxygens (including phenoxy) is 2. The lowest BCUT2D eigenvalue weighted by Gasteiger charge is -2.25. The Balaban J connectivity index is 1.89. The third kappa shape index (κ3) is 2.85. The van der Waals surface area contributed by atoms with Gasteiger partial charge in [0.15, 0.2) is 17.6 Å². The molecule has 0 aliphatic carbocycles. The van der Waals surface area contributed by atoms with Crippen LogP contribution in [0.5, 0.6) is 11.5 Å². The van der Waals surface area contributed by atoms with Crippen LogP contribution in [-0.4, -0.2) is 18.5 Å². The fourth-order valence-electron chi connectivity index (χ4n) is 2.16. The van der Waals surface area contributed by atoms with Gasteiger partial charge in [0.25, 0.3) is 0 Å². The number of Topliss-reactive ketones (excluding diaryl/α,β-unsaturated/α-hetero) is 1. The van der Waals surface area contributed by atoms with E-state index >= 15 is 0 Å². The van der Waals surface area contributed by atoms with Crippen LogP contribution in [0.3, 0.4) is 0 Å². The molecule has 0 N–H and O–H groups in total. The van der Waals surface area contributed by atoms with Gasteiger partial charge in [0.1, 0.15) is 6.61 Å². The van der Waals surface area contributed by atoms with Crippen LogP contribution in [0.15, 0.2) is 45.3 Å². The second-order valence-corrected chi connectivity index (χ2v) is 6.52. The van der Waals surface area contributed by atoms with Crippen LogP contribution in [-0.2, 0) is 0 Å². The molecule has 21 heavy (non-hydrogen) atoms. The fourth-order valence-corrected chi connectivity index (χ4v) is 3.15. The summed E-state index contributed by atoms with van der Waals surface area (Å²) >= 11 is 6.90. The number of hydrogen-bond acceptors (Lipinski definition) is 3. The number of carbonyl (C=O) groups is 1. The van der Waals surface area contributed by atoms with E-state index < -0.39 is 6.10 Å². The average molecular weight is 412 g/mol. The van der Waals surface area contributed by atoms with Gasteiger partial charge in [0, 0.05) is 14.5 Å². The minimum atomic E-state index is -0.634. The zero-order valence-corrected chi connectivity index (χ0v) is 14.4. The van der Waals surface area contributed by atoms with Gasteiger partial charge in [-0.2, -0.15) is 0 Å². The average Bonchev–Trinajstić information content (AvgIpc) is 2.50. The quantitative estimate of drug-likeness (QED) is 0.680. The molecule has 0 bridgehead atoms. The predicted molar refractivity (Wildman–Crippen MR) is 87.3 cm³/mol. The van der Waals surface area contributed by atoms with Crippen molar-refractivity contribution >= 4 is 37.6 Å². The van der Waals surface area contributed by atoms with Crippen LogP contribution < -0.4 is 9.47 Å². The zero-order chi connectivity index (χ0) is 15.0. The van der Waals surface area contributed by atoms with E-state index in [1.807, 2.05) is 37.3 Å².